The number of carbonyl (C=O) groups excluding carboxylic acids is 2. The first-order valence-electron chi connectivity index (χ1n) is 5.49. The average molecular weight is 214 g/mol. The quantitative estimate of drug-likeness (QED) is 0.698. The molecule has 0 aromatic carbocycles. The van der Waals surface area contributed by atoms with Gasteiger partial charge in [-0.05, 0) is 19.8 Å². The molecule has 1 unspecified atom stereocenters. The average Bonchev–Trinajstić information content (AvgIpc) is 2.15. The fourth-order valence-corrected chi connectivity index (χ4v) is 1.46. The number of amides is 2. The normalized spacial score (nSPS) is 14.1. The zero-order valence-electron chi connectivity index (χ0n) is 10.1. The molecular weight excluding hydrogens is 192 g/mol. The lowest BCUT2D eigenvalue weighted by Gasteiger charge is -2.29. The van der Waals surface area contributed by atoms with Crippen molar-refractivity contribution in [3.8, 4) is 0 Å². The van der Waals surface area contributed by atoms with Crippen molar-refractivity contribution in [3.05, 3.63) is 0 Å². The summed E-state index contributed by atoms with van der Waals surface area (Å²) in [5, 5.41) is 5.43. The summed E-state index contributed by atoms with van der Waals surface area (Å²) in [6, 6.07) is 0. The molecule has 0 spiro atoms. The van der Waals surface area contributed by atoms with Gasteiger partial charge in [0.1, 0.15) is 0 Å². The number of hydrogen-bond acceptors (Lipinski definition) is 2. The van der Waals surface area contributed by atoms with Crippen LogP contribution >= 0.6 is 0 Å². The van der Waals surface area contributed by atoms with Crippen LogP contribution in [0.4, 0.5) is 0 Å². The van der Waals surface area contributed by atoms with Crippen LogP contribution in [0.2, 0.25) is 0 Å². The highest BCUT2D eigenvalue weighted by Crippen LogP contribution is 2.15. The van der Waals surface area contributed by atoms with Gasteiger partial charge in [0, 0.05) is 12.5 Å². The summed E-state index contributed by atoms with van der Waals surface area (Å²) in [5.41, 5.74) is -0.149. The second-order valence-electron chi connectivity index (χ2n) is 4.12. The van der Waals surface area contributed by atoms with Gasteiger partial charge in [-0.25, -0.2) is 0 Å². The van der Waals surface area contributed by atoms with Crippen molar-refractivity contribution < 1.29 is 9.59 Å². The Labute approximate surface area is 91.8 Å². The van der Waals surface area contributed by atoms with E-state index < -0.39 is 0 Å². The van der Waals surface area contributed by atoms with Crippen LogP contribution in [-0.4, -0.2) is 23.9 Å². The van der Waals surface area contributed by atoms with Crippen molar-refractivity contribution >= 4 is 11.8 Å². The lowest BCUT2D eigenvalue weighted by atomic mass is 9.93. The van der Waals surface area contributed by atoms with Crippen molar-refractivity contribution in [2.24, 2.45) is 0 Å². The van der Waals surface area contributed by atoms with Crippen LogP contribution in [0.3, 0.4) is 0 Å². The smallest absolute Gasteiger partial charge is 0.239 e. The van der Waals surface area contributed by atoms with Gasteiger partial charge < -0.3 is 10.6 Å². The summed E-state index contributed by atoms with van der Waals surface area (Å²) in [7, 11) is 0. The molecule has 88 valence electrons. The molecule has 2 amide bonds. The lowest BCUT2D eigenvalue weighted by Crippen LogP contribution is -2.49. The molecule has 4 heteroatoms. The fourth-order valence-electron chi connectivity index (χ4n) is 1.46. The van der Waals surface area contributed by atoms with Gasteiger partial charge in [0.2, 0.25) is 11.8 Å². The highest BCUT2D eigenvalue weighted by Gasteiger charge is 2.22. The first-order chi connectivity index (χ1) is 6.93. The van der Waals surface area contributed by atoms with Crippen molar-refractivity contribution in [2.45, 2.75) is 52.5 Å². The highest BCUT2D eigenvalue weighted by molar-refractivity contribution is 5.84. The molecular formula is C11H22N2O2. The molecule has 0 bridgehead atoms. The van der Waals surface area contributed by atoms with E-state index in [-0.39, 0.29) is 23.9 Å². The van der Waals surface area contributed by atoms with Crippen molar-refractivity contribution in [3.63, 3.8) is 0 Å². The van der Waals surface area contributed by atoms with Gasteiger partial charge in [-0.2, -0.15) is 0 Å². The number of carbonyl (C=O) groups is 2. The lowest BCUT2D eigenvalue weighted by molar-refractivity contribution is -0.126. The van der Waals surface area contributed by atoms with Crippen LogP contribution in [0.25, 0.3) is 0 Å². The minimum atomic E-state index is -0.182. The molecule has 4 nitrogen and oxygen atoms in total. The molecule has 1 atom stereocenters. The zero-order chi connectivity index (χ0) is 11.9. The van der Waals surface area contributed by atoms with Crippen LogP contribution in [0.15, 0.2) is 0 Å². The Bertz CT molecular complexity index is 229. The van der Waals surface area contributed by atoms with E-state index in [1.165, 1.54) is 6.92 Å². The molecule has 0 aliphatic carbocycles. The Balaban J connectivity index is 4.06. The van der Waals surface area contributed by atoms with Gasteiger partial charge in [-0.1, -0.05) is 20.3 Å². The third-order valence-corrected chi connectivity index (χ3v) is 2.52. The second kappa shape index (κ2) is 6.43. The summed E-state index contributed by atoms with van der Waals surface area (Å²) in [6.45, 7) is 7.64. The zero-order valence-corrected chi connectivity index (χ0v) is 10.1. The maximum absolute atomic E-state index is 11.5. The largest absolute Gasteiger partial charge is 0.349 e. The van der Waals surface area contributed by atoms with Crippen LogP contribution < -0.4 is 10.6 Å². The summed E-state index contributed by atoms with van der Waals surface area (Å²) >= 11 is 0. The van der Waals surface area contributed by atoms with Crippen molar-refractivity contribution in [2.75, 3.05) is 6.54 Å². The van der Waals surface area contributed by atoms with E-state index in [0.29, 0.717) is 0 Å². The van der Waals surface area contributed by atoms with E-state index in [9.17, 15) is 9.59 Å². The van der Waals surface area contributed by atoms with Crippen LogP contribution in [-0.2, 0) is 9.59 Å². The van der Waals surface area contributed by atoms with Gasteiger partial charge in [0.25, 0.3) is 0 Å². The van der Waals surface area contributed by atoms with E-state index in [2.05, 4.69) is 17.6 Å². The summed E-state index contributed by atoms with van der Waals surface area (Å²) in [6.07, 6.45) is 2.88. The molecule has 0 aliphatic heterocycles. The van der Waals surface area contributed by atoms with Crippen molar-refractivity contribution in [1.82, 2.24) is 10.6 Å². The minimum Gasteiger partial charge on any atom is -0.349 e. The minimum absolute atomic E-state index is 0.0641. The summed E-state index contributed by atoms with van der Waals surface area (Å²) in [4.78, 5) is 22.1. The van der Waals surface area contributed by atoms with Gasteiger partial charge in [0.05, 0.1) is 6.54 Å². The SMILES string of the molecule is CCCC(C)(CC)NC(=O)CNC(C)=O. The molecule has 2 N–H and O–H groups in total. The number of rotatable bonds is 6. The van der Waals surface area contributed by atoms with E-state index in [1.807, 2.05) is 13.8 Å². The Morgan fingerprint density at radius 3 is 2.27 bits per heavy atom. The summed E-state index contributed by atoms with van der Waals surface area (Å²) in [5.74, 6) is -0.304. The number of hydrogen-bond donors (Lipinski definition) is 2. The van der Waals surface area contributed by atoms with E-state index in [4.69, 9.17) is 0 Å². The maximum atomic E-state index is 11.5. The van der Waals surface area contributed by atoms with Crippen LogP contribution in [0, 0.1) is 0 Å². The van der Waals surface area contributed by atoms with E-state index in [0.717, 1.165) is 19.3 Å². The number of nitrogens with one attached hydrogen (secondary N) is 2. The topological polar surface area (TPSA) is 58.2 Å². The summed E-state index contributed by atoms with van der Waals surface area (Å²) < 4.78 is 0. The monoisotopic (exact) mass is 214 g/mol. The molecule has 0 fully saturated rings. The molecule has 0 heterocycles. The van der Waals surface area contributed by atoms with Gasteiger partial charge in [-0.15, -0.1) is 0 Å². The van der Waals surface area contributed by atoms with E-state index >= 15 is 0 Å². The second-order valence-corrected chi connectivity index (χ2v) is 4.12. The molecule has 0 saturated heterocycles. The molecule has 0 saturated carbocycles. The highest BCUT2D eigenvalue weighted by atomic mass is 16.2. The molecule has 0 aliphatic rings. The third kappa shape index (κ3) is 6.10. The Hall–Kier alpha value is -1.06. The van der Waals surface area contributed by atoms with Gasteiger partial charge >= 0.3 is 0 Å². The van der Waals surface area contributed by atoms with Crippen LogP contribution in [0.5, 0.6) is 0 Å². The Morgan fingerprint density at radius 1 is 1.27 bits per heavy atom. The van der Waals surface area contributed by atoms with Crippen LogP contribution in [0.1, 0.15) is 47.0 Å². The maximum Gasteiger partial charge on any atom is 0.239 e. The predicted octanol–water partition coefficient (Wildman–Crippen LogP) is 1.21. The fraction of sp³-hybridized carbons (Fsp3) is 0.818. The van der Waals surface area contributed by atoms with Crippen molar-refractivity contribution in [1.29, 1.82) is 0 Å². The van der Waals surface area contributed by atoms with E-state index in [1.54, 1.807) is 0 Å². The molecule has 0 aromatic heterocycles. The molecule has 0 aromatic rings. The van der Waals surface area contributed by atoms with Gasteiger partial charge in [-0.3, -0.25) is 9.59 Å². The Kier molecular flexibility index (Phi) is 5.97. The van der Waals surface area contributed by atoms with Gasteiger partial charge in [0.15, 0.2) is 0 Å². The third-order valence-electron chi connectivity index (χ3n) is 2.52. The molecule has 0 rings (SSSR count). The molecule has 15 heavy (non-hydrogen) atoms. The first-order valence-corrected chi connectivity index (χ1v) is 5.49. The standard InChI is InChI=1S/C11H22N2O2/c1-5-7-11(4,6-2)13-10(15)8-12-9(3)14/h5-8H2,1-4H3,(H,12,14)(H,13,15). The predicted molar refractivity (Wildman–Crippen MR) is 60.4 cm³/mol. The molecule has 0 radical (unpaired) electrons. The Morgan fingerprint density at radius 2 is 1.87 bits per heavy atom. The first kappa shape index (κ1) is 13.9.